The molecule has 1 N–H and O–H groups in total. The molecule has 2 heterocycles. The van der Waals surface area contributed by atoms with E-state index >= 15 is 0 Å². The first-order chi connectivity index (χ1) is 17.4. The maximum absolute atomic E-state index is 12.9. The molecule has 8 nitrogen and oxygen atoms in total. The van der Waals surface area contributed by atoms with Crippen LogP contribution in [0.15, 0.2) is 59.0 Å². The van der Waals surface area contributed by atoms with E-state index in [1.807, 2.05) is 49.4 Å². The molecule has 9 heteroatoms. The lowest BCUT2D eigenvalue weighted by Gasteiger charge is -2.08. The van der Waals surface area contributed by atoms with Crippen molar-refractivity contribution in [1.82, 2.24) is 0 Å². The van der Waals surface area contributed by atoms with Crippen LogP contribution in [0.1, 0.15) is 55.3 Å². The van der Waals surface area contributed by atoms with Crippen molar-refractivity contribution in [3.63, 3.8) is 0 Å². The number of carbonyl (C=O) groups excluding carboxylic acids is 3. The highest BCUT2D eigenvalue weighted by Crippen LogP contribution is 2.35. The Labute approximate surface area is 211 Å². The van der Waals surface area contributed by atoms with Gasteiger partial charge in [-0.05, 0) is 42.5 Å². The molecule has 0 atom stereocenters. The third-order valence-corrected chi connectivity index (χ3v) is 6.58. The minimum Gasteiger partial charge on any atom is -0.485 e. The molecular formula is C27H25NO7S. The number of benzene rings is 2. The number of ether oxygens (including phenoxy) is 3. The average Bonchev–Trinajstić information content (AvgIpc) is 3.50. The summed E-state index contributed by atoms with van der Waals surface area (Å²) < 4.78 is 21.7. The third-order valence-electron chi connectivity index (χ3n) is 5.39. The van der Waals surface area contributed by atoms with E-state index in [9.17, 15) is 14.4 Å². The summed E-state index contributed by atoms with van der Waals surface area (Å²) in [7, 11) is 1.25. The van der Waals surface area contributed by atoms with Crippen molar-refractivity contribution in [2.75, 3.05) is 19.0 Å². The zero-order valence-electron chi connectivity index (χ0n) is 20.1. The molecule has 36 heavy (non-hydrogen) atoms. The first-order valence-corrected chi connectivity index (χ1v) is 12.1. The molecule has 4 rings (SSSR count). The van der Waals surface area contributed by atoms with E-state index in [0.29, 0.717) is 23.5 Å². The normalized spacial score (nSPS) is 10.8. The number of hydrogen-bond acceptors (Lipinski definition) is 8. The summed E-state index contributed by atoms with van der Waals surface area (Å²) in [6.07, 6.45) is 0.635. The first-order valence-electron chi connectivity index (χ1n) is 11.3. The SMILES string of the molecule is CCCOC(=O)c1c(NC(=O)c2ccc(COc3cccc4ccccc34)o2)sc(C(=O)OC)c1C. The summed E-state index contributed by atoms with van der Waals surface area (Å²) in [5.41, 5.74) is 0.500. The summed E-state index contributed by atoms with van der Waals surface area (Å²) >= 11 is 0.945. The fourth-order valence-corrected chi connectivity index (χ4v) is 4.72. The van der Waals surface area contributed by atoms with Crippen molar-refractivity contribution in [1.29, 1.82) is 0 Å². The summed E-state index contributed by atoms with van der Waals surface area (Å²) in [5, 5.41) is 4.89. The van der Waals surface area contributed by atoms with Gasteiger partial charge in [-0.1, -0.05) is 43.3 Å². The smallest absolute Gasteiger partial charge is 0.348 e. The number of thiophene rings is 1. The van der Waals surface area contributed by atoms with Crippen LogP contribution in [-0.2, 0) is 16.1 Å². The van der Waals surface area contributed by atoms with Gasteiger partial charge in [0.15, 0.2) is 5.76 Å². The molecule has 1 amide bonds. The third kappa shape index (κ3) is 5.26. The van der Waals surface area contributed by atoms with Crippen LogP contribution in [0.4, 0.5) is 5.00 Å². The van der Waals surface area contributed by atoms with Crippen LogP contribution < -0.4 is 10.1 Å². The van der Waals surface area contributed by atoms with Gasteiger partial charge in [0.2, 0.25) is 0 Å². The lowest BCUT2D eigenvalue weighted by molar-refractivity contribution is 0.0506. The van der Waals surface area contributed by atoms with Crippen LogP contribution in [0.3, 0.4) is 0 Å². The first kappa shape index (κ1) is 25.0. The largest absolute Gasteiger partial charge is 0.485 e. The average molecular weight is 508 g/mol. The number of furan rings is 1. The monoisotopic (exact) mass is 507 g/mol. The van der Waals surface area contributed by atoms with Gasteiger partial charge in [0.05, 0.1) is 19.3 Å². The lowest BCUT2D eigenvalue weighted by atomic mass is 10.1. The van der Waals surface area contributed by atoms with Crippen molar-refractivity contribution < 1.29 is 33.0 Å². The van der Waals surface area contributed by atoms with Crippen LogP contribution in [0.5, 0.6) is 5.75 Å². The molecule has 0 aliphatic rings. The number of anilines is 1. The molecule has 0 spiro atoms. The minimum absolute atomic E-state index is 0.0325. The van der Waals surface area contributed by atoms with E-state index in [-0.39, 0.29) is 34.4 Å². The summed E-state index contributed by atoms with van der Waals surface area (Å²) in [4.78, 5) is 37.9. The van der Waals surface area contributed by atoms with Gasteiger partial charge in [-0.3, -0.25) is 4.79 Å². The molecule has 0 aliphatic carbocycles. The topological polar surface area (TPSA) is 104 Å². The fraction of sp³-hybridized carbons (Fsp3) is 0.222. The highest BCUT2D eigenvalue weighted by atomic mass is 32.1. The fourth-order valence-electron chi connectivity index (χ4n) is 3.61. The van der Waals surface area contributed by atoms with E-state index in [4.69, 9.17) is 18.6 Å². The molecule has 0 saturated heterocycles. The van der Waals surface area contributed by atoms with Crippen LogP contribution in [0, 0.1) is 6.92 Å². The Bertz CT molecular complexity index is 1410. The van der Waals surface area contributed by atoms with Gasteiger partial charge in [0, 0.05) is 5.39 Å². The van der Waals surface area contributed by atoms with E-state index in [1.165, 1.54) is 13.2 Å². The Morgan fingerprint density at radius 2 is 1.78 bits per heavy atom. The van der Waals surface area contributed by atoms with Gasteiger partial charge in [0.25, 0.3) is 5.91 Å². The molecule has 0 unspecified atom stereocenters. The quantitative estimate of drug-likeness (QED) is 0.278. The standard InChI is InChI=1S/C27H25NO7S/c1-4-14-33-26(30)22-16(2)23(27(31)32-3)36-25(22)28-24(29)21-13-12-18(35-21)15-34-20-11-7-9-17-8-5-6-10-19(17)20/h5-13H,4,14-15H2,1-3H3,(H,28,29). The van der Waals surface area contributed by atoms with Crippen LogP contribution in [0.25, 0.3) is 10.8 Å². The Morgan fingerprint density at radius 3 is 2.56 bits per heavy atom. The molecule has 0 bridgehead atoms. The molecule has 0 saturated carbocycles. The molecule has 186 valence electrons. The van der Waals surface area contributed by atoms with Crippen LogP contribution in [0.2, 0.25) is 0 Å². The van der Waals surface area contributed by atoms with Crippen molar-refractivity contribution >= 4 is 45.0 Å². The van der Waals surface area contributed by atoms with E-state index in [1.54, 1.807) is 13.0 Å². The van der Waals surface area contributed by atoms with Gasteiger partial charge in [-0.15, -0.1) is 11.3 Å². The predicted octanol–water partition coefficient (Wildman–Crippen LogP) is 5.99. The molecular weight excluding hydrogens is 482 g/mol. The predicted molar refractivity (Wildman–Crippen MR) is 136 cm³/mol. The number of fused-ring (bicyclic) bond motifs is 1. The molecule has 4 aromatic rings. The second-order valence-corrected chi connectivity index (χ2v) is 8.89. The number of hydrogen-bond donors (Lipinski definition) is 1. The van der Waals surface area contributed by atoms with Crippen molar-refractivity contribution in [2.24, 2.45) is 0 Å². The number of esters is 2. The van der Waals surface area contributed by atoms with Crippen LogP contribution >= 0.6 is 11.3 Å². The van der Waals surface area contributed by atoms with Gasteiger partial charge >= 0.3 is 11.9 Å². The second-order valence-electron chi connectivity index (χ2n) is 7.87. The van der Waals surface area contributed by atoms with Crippen LogP contribution in [-0.4, -0.2) is 31.6 Å². The summed E-state index contributed by atoms with van der Waals surface area (Å²) in [6.45, 7) is 3.82. The van der Waals surface area contributed by atoms with E-state index in [2.05, 4.69) is 5.32 Å². The highest BCUT2D eigenvalue weighted by Gasteiger charge is 2.28. The second kappa shape index (κ2) is 11.1. The van der Waals surface area contributed by atoms with Gasteiger partial charge in [-0.2, -0.15) is 0 Å². The molecule has 0 aliphatic heterocycles. The maximum atomic E-state index is 12.9. The van der Waals surface area contributed by atoms with Gasteiger partial charge in [0.1, 0.15) is 28.0 Å². The zero-order chi connectivity index (χ0) is 25.7. The molecule has 2 aromatic heterocycles. The van der Waals surface area contributed by atoms with Gasteiger partial charge in [-0.25, -0.2) is 9.59 Å². The van der Waals surface area contributed by atoms with E-state index < -0.39 is 17.8 Å². The zero-order valence-corrected chi connectivity index (χ0v) is 20.9. The Hall–Kier alpha value is -4.11. The number of methoxy groups -OCH3 is 1. The Balaban J connectivity index is 1.50. The van der Waals surface area contributed by atoms with Crippen molar-refractivity contribution in [3.05, 3.63) is 82.1 Å². The lowest BCUT2D eigenvalue weighted by Crippen LogP contribution is -2.14. The molecule has 0 radical (unpaired) electrons. The van der Waals surface area contributed by atoms with Crippen molar-refractivity contribution in [3.8, 4) is 5.75 Å². The molecule has 0 fully saturated rings. The molecule has 2 aromatic carbocycles. The number of amides is 1. The number of rotatable bonds is 9. The summed E-state index contributed by atoms with van der Waals surface area (Å²) in [6, 6.07) is 16.8. The Morgan fingerprint density at radius 1 is 1.00 bits per heavy atom. The Kier molecular flexibility index (Phi) is 7.70. The van der Waals surface area contributed by atoms with E-state index in [0.717, 1.165) is 22.1 Å². The summed E-state index contributed by atoms with van der Waals surface area (Å²) in [5.74, 6) is -0.616. The maximum Gasteiger partial charge on any atom is 0.348 e. The highest BCUT2D eigenvalue weighted by molar-refractivity contribution is 7.18. The van der Waals surface area contributed by atoms with Crippen molar-refractivity contribution in [2.45, 2.75) is 26.9 Å². The number of nitrogens with one attached hydrogen (secondary N) is 1. The number of carbonyl (C=O) groups is 3. The minimum atomic E-state index is -0.625. The van der Waals surface area contributed by atoms with Gasteiger partial charge < -0.3 is 23.9 Å².